The predicted octanol–water partition coefficient (Wildman–Crippen LogP) is 4.37. The van der Waals surface area contributed by atoms with E-state index in [9.17, 15) is 8.78 Å². The highest BCUT2D eigenvalue weighted by molar-refractivity contribution is 9.10. The number of rotatable bonds is 4. The van der Waals surface area contributed by atoms with Gasteiger partial charge in [-0.25, -0.2) is 8.78 Å². The Morgan fingerprint density at radius 3 is 2.60 bits per heavy atom. The Kier molecular flexibility index (Phi) is 4.60. The molecular formula is C15H14BrF2NO. The van der Waals surface area contributed by atoms with E-state index < -0.39 is 11.6 Å². The fourth-order valence-electron chi connectivity index (χ4n) is 1.71. The molecule has 0 aliphatic heterocycles. The van der Waals surface area contributed by atoms with Gasteiger partial charge >= 0.3 is 0 Å². The lowest BCUT2D eigenvalue weighted by atomic mass is 10.2. The van der Waals surface area contributed by atoms with Gasteiger partial charge in [0.15, 0.2) is 0 Å². The summed E-state index contributed by atoms with van der Waals surface area (Å²) in [6.45, 7) is -0.159. The van der Waals surface area contributed by atoms with Gasteiger partial charge in [-0.05, 0) is 40.2 Å². The Balaban J connectivity index is 2.17. The monoisotopic (exact) mass is 341 g/mol. The largest absolute Gasteiger partial charge is 0.489 e. The molecule has 2 nitrogen and oxygen atoms in total. The predicted molar refractivity (Wildman–Crippen MR) is 79.2 cm³/mol. The molecule has 2 aromatic rings. The minimum atomic E-state index is -0.631. The van der Waals surface area contributed by atoms with Crippen LogP contribution in [0.25, 0.3) is 0 Å². The molecule has 0 fully saturated rings. The van der Waals surface area contributed by atoms with Crippen LogP contribution in [-0.2, 0) is 6.61 Å². The minimum Gasteiger partial charge on any atom is -0.489 e. The van der Waals surface area contributed by atoms with Crippen molar-refractivity contribution >= 4 is 21.6 Å². The third-order valence-electron chi connectivity index (χ3n) is 2.86. The summed E-state index contributed by atoms with van der Waals surface area (Å²) in [5.41, 5.74) is 0.868. The summed E-state index contributed by atoms with van der Waals surface area (Å²) in [6.07, 6.45) is 0. The standard InChI is InChI=1S/C15H14BrF2NO/c1-19(2)10-4-3-5-11(8-10)20-9-12-14(17)7-6-13(16)15(12)18/h3-8H,9H2,1-2H3. The van der Waals surface area contributed by atoms with E-state index in [2.05, 4.69) is 15.9 Å². The molecule has 2 aromatic carbocycles. The molecule has 2 rings (SSSR count). The highest BCUT2D eigenvalue weighted by Gasteiger charge is 2.13. The summed E-state index contributed by atoms with van der Waals surface area (Å²) >= 11 is 3.03. The number of nitrogens with zero attached hydrogens (tertiary/aromatic N) is 1. The second kappa shape index (κ2) is 6.22. The van der Waals surface area contributed by atoms with E-state index in [0.717, 1.165) is 5.69 Å². The van der Waals surface area contributed by atoms with Crippen LogP contribution in [0.3, 0.4) is 0 Å². The number of hydrogen-bond acceptors (Lipinski definition) is 2. The highest BCUT2D eigenvalue weighted by Crippen LogP contribution is 2.24. The minimum absolute atomic E-state index is 0.0883. The Labute approximate surface area is 125 Å². The molecule has 0 aliphatic rings. The number of ether oxygens (including phenoxy) is 1. The third-order valence-corrected chi connectivity index (χ3v) is 3.47. The maximum atomic E-state index is 13.8. The van der Waals surface area contributed by atoms with Crippen molar-refractivity contribution < 1.29 is 13.5 Å². The summed E-state index contributed by atoms with van der Waals surface area (Å²) in [5.74, 6) is -0.682. The first kappa shape index (κ1) is 14.8. The Hall–Kier alpha value is -1.62. The maximum absolute atomic E-state index is 13.8. The second-order valence-corrected chi connectivity index (χ2v) is 5.36. The van der Waals surface area contributed by atoms with E-state index in [1.54, 1.807) is 6.07 Å². The van der Waals surface area contributed by atoms with E-state index in [1.165, 1.54) is 12.1 Å². The lowest BCUT2D eigenvalue weighted by Crippen LogP contribution is -2.08. The summed E-state index contributed by atoms with van der Waals surface area (Å²) in [7, 11) is 3.82. The second-order valence-electron chi connectivity index (χ2n) is 4.50. The summed E-state index contributed by atoms with van der Waals surface area (Å²) < 4.78 is 33.1. The van der Waals surface area contributed by atoms with Crippen LogP contribution in [0.2, 0.25) is 0 Å². The molecule has 0 saturated carbocycles. The average molecular weight is 342 g/mol. The SMILES string of the molecule is CN(C)c1cccc(OCc2c(F)ccc(Br)c2F)c1. The van der Waals surface area contributed by atoms with E-state index in [-0.39, 0.29) is 16.6 Å². The molecule has 20 heavy (non-hydrogen) atoms. The Morgan fingerprint density at radius 1 is 1.15 bits per heavy atom. The zero-order valence-electron chi connectivity index (χ0n) is 11.2. The molecule has 0 heterocycles. The van der Waals surface area contributed by atoms with Crippen molar-refractivity contribution in [3.63, 3.8) is 0 Å². The number of hydrogen-bond donors (Lipinski definition) is 0. The molecule has 5 heteroatoms. The van der Waals surface area contributed by atoms with Crippen LogP contribution in [0.5, 0.6) is 5.75 Å². The van der Waals surface area contributed by atoms with Gasteiger partial charge in [0.1, 0.15) is 24.0 Å². The van der Waals surface area contributed by atoms with E-state index in [1.807, 2.05) is 37.2 Å². The molecule has 0 amide bonds. The summed E-state index contributed by atoms with van der Waals surface area (Å²) in [6, 6.07) is 9.86. The van der Waals surface area contributed by atoms with Crippen molar-refractivity contribution in [3.8, 4) is 5.75 Å². The molecular weight excluding hydrogens is 328 g/mol. The van der Waals surface area contributed by atoms with E-state index in [4.69, 9.17) is 4.74 Å². The zero-order valence-corrected chi connectivity index (χ0v) is 12.7. The number of benzene rings is 2. The average Bonchev–Trinajstić information content (AvgIpc) is 2.43. The van der Waals surface area contributed by atoms with Crippen LogP contribution >= 0.6 is 15.9 Å². The van der Waals surface area contributed by atoms with Crippen LogP contribution in [0.4, 0.5) is 14.5 Å². The number of anilines is 1. The van der Waals surface area contributed by atoms with Gasteiger partial charge in [-0.2, -0.15) is 0 Å². The molecule has 0 saturated heterocycles. The van der Waals surface area contributed by atoms with Gasteiger partial charge in [-0.3, -0.25) is 0 Å². The van der Waals surface area contributed by atoms with Gasteiger partial charge in [0.05, 0.1) is 10.0 Å². The van der Waals surface area contributed by atoms with Crippen molar-refractivity contribution in [1.82, 2.24) is 0 Å². The van der Waals surface area contributed by atoms with Crippen molar-refractivity contribution in [2.45, 2.75) is 6.61 Å². The van der Waals surface area contributed by atoms with Crippen molar-refractivity contribution in [3.05, 3.63) is 58.1 Å². The summed E-state index contributed by atoms with van der Waals surface area (Å²) in [4.78, 5) is 1.92. The molecule has 106 valence electrons. The van der Waals surface area contributed by atoms with Crippen LogP contribution in [0.1, 0.15) is 5.56 Å². The molecule has 0 spiro atoms. The van der Waals surface area contributed by atoms with E-state index in [0.29, 0.717) is 5.75 Å². The van der Waals surface area contributed by atoms with Crippen molar-refractivity contribution in [1.29, 1.82) is 0 Å². The molecule has 0 radical (unpaired) electrons. The number of halogens is 3. The van der Waals surface area contributed by atoms with Crippen molar-refractivity contribution in [2.24, 2.45) is 0 Å². The highest BCUT2D eigenvalue weighted by atomic mass is 79.9. The van der Waals surface area contributed by atoms with Gasteiger partial charge in [-0.1, -0.05) is 6.07 Å². The lowest BCUT2D eigenvalue weighted by Gasteiger charge is -2.14. The quantitative estimate of drug-likeness (QED) is 0.765. The summed E-state index contributed by atoms with van der Waals surface area (Å²) in [5, 5.41) is 0. The molecule has 0 atom stereocenters. The van der Waals surface area contributed by atoms with Gasteiger partial charge in [-0.15, -0.1) is 0 Å². The van der Waals surface area contributed by atoms with Gasteiger partial charge in [0, 0.05) is 25.8 Å². The van der Waals surface area contributed by atoms with Crippen LogP contribution in [-0.4, -0.2) is 14.1 Å². The molecule has 0 bridgehead atoms. The first-order chi connectivity index (χ1) is 9.49. The zero-order chi connectivity index (χ0) is 14.7. The molecule has 0 N–H and O–H groups in total. The topological polar surface area (TPSA) is 12.5 Å². The van der Waals surface area contributed by atoms with Crippen molar-refractivity contribution in [2.75, 3.05) is 19.0 Å². The fourth-order valence-corrected chi connectivity index (χ4v) is 2.08. The molecule has 0 aromatic heterocycles. The third kappa shape index (κ3) is 3.28. The fraction of sp³-hybridized carbons (Fsp3) is 0.200. The van der Waals surface area contributed by atoms with Gasteiger partial charge < -0.3 is 9.64 Å². The lowest BCUT2D eigenvalue weighted by molar-refractivity contribution is 0.292. The van der Waals surface area contributed by atoms with Crippen LogP contribution in [0, 0.1) is 11.6 Å². The van der Waals surface area contributed by atoms with E-state index >= 15 is 0 Å². The first-order valence-corrected chi connectivity index (χ1v) is 6.81. The maximum Gasteiger partial charge on any atom is 0.146 e. The first-order valence-electron chi connectivity index (χ1n) is 6.01. The molecule has 0 aliphatic carbocycles. The van der Waals surface area contributed by atoms with Gasteiger partial charge in [0.2, 0.25) is 0 Å². The molecule has 0 unspecified atom stereocenters. The smallest absolute Gasteiger partial charge is 0.146 e. The Bertz CT molecular complexity index is 617. The van der Waals surface area contributed by atoms with Gasteiger partial charge in [0.25, 0.3) is 0 Å². The van der Waals surface area contributed by atoms with Crippen LogP contribution < -0.4 is 9.64 Å². The van der Waals surface area contributed by atoms with Crippen LogP contribution in [0.15, 0.2) is 40.9 Å². The normalized spacial score (nSPS) is 10.4. The Morgan fingerprint density at radius 2 is 1.90 bits per heavy atom.